The highest BCUT2D eigenvalue weighted by Gasteiger charge is 2.30. The molecule has 0 amide bonds. The number of carbonyl (C=O) groups excluding carboxylic acids is 4. The first kappa shape index (κ1) is 86.1. The van der Waals surface area contributed by atoms with E-state index in [2.05, 4.69) is 55.4 Å². The zero-order valence-electron chi connectivity index (χ0n) is 57.3. The van der Waals surface area contributed by atoms with Gasteiger partial charge in [0.2, 0.25) is 0 Å². The third-order valence-electron chi connectivity index (χ3n) is 15.8. The lowest BCUT2D eigenvalue weighted by molar-refractivity contribution is -0.161. The standard InChI is InChI=1S/C69H134O17P2/c1-59(2)45-37-29-21-14-11-9-10-12-16-27-35-43-51-68(73)85-64(55-79-66(71)49-41-33-25-17-13-15-22-30-38-46-60(3)4)57-83-87(75,76)81-53-63(70)54-82-88(77,78)84-58-65(86-69(74)52-44-36-28-20-24-32-40-48-62(7)8)56-80-67(72)50-42-34-26-19-18-23-31-39-47-61(5)6/h59-65,70H,9-58H2,1-8H3,(H,75,76)(H,77,78)/t63?,64-,65-/m1/s1. The number of unbranched alkanes of at least 4 members (excludes halogenated alkanes) is 32. The Morgan fingerprint density at radius 1 is 0.284 bits per heavy atom. The van der Waals surface area contributed by atoms with Gasteiger partial charge >= 0.3 is 39.5 Å². The van der Waals surface area contributed by atoms with Crippen LogP contribution in [-0.2, 0) is 65.4 Å². The monoisotopic (exact) mass is 1300 g/mol. The predicted octanol–water partition coefficient (Wildman–Crippen LogP) is 19.3. The van der Waals surface area contributed by atoms with Crippen molar-refractivity contribution in [3.8, 4) is 0 Å². The molecule has 0 aromatic carbocycles. The van der Waals surface area contributed by atoms with Crippen LogP contribution in [0.15, 0.2) is 0 Å². The summed E-state index contributed by atoms with van der Waals surface area (Å²) in [6.07, 6.45) is 40.4. The van der Waals surface area contributed by atoms with Gasteiger partial charge in [0.05, 0.1) is 26.4 Å². The maximum absolute atomic E-state index is 13.0. The molecule has 0 aromatic rings. The number of esters is 4. The van der Waals surface area contributed by atoms with Crippen molar-refractivity contribution in [2.24, 2.45) is 23.7 Å². The molecule has 88 heavy (non-hydrogen) atoms. The summed E-state index contributed by atoms with van der Waals surface area (Å²) < 4.78 is 68.2. The molecule has 0 aliphatic rings. The summed E-state index contributed by atoms with van der Waals surface area (Å²) in [6, 6.07) is 0. The van der Waals surface area contributed by atoms with Crippen molar-refractivity contribution < 1.29 is 80.2 Å². The van der Waals surface area contributed by atoms with Crippen LogP contribution in [0.5, 0.6) is 0 Å². The number of phosphoric ester groups is 2. The van der Waals surface area contributed by atoms with Gasteiger partial charge in [-0.15, -0.1) is 0 Å². The first-order chi connectivity index (χ1) is 42.1. The Bertz CT molecular complexity index is 1750. The molecule has 0 aliphatic heterocycles. The second kappa shape index (κ2) is 58.8. The van der Waals surface area contributed by atoms with Gasteiger partial charge in [-0.3, -0.25) is 37.3 Å². The minimum absolute atomic E-state index is 0.102. The smallest absolute Gasteiger partial charge is 0.462 e. The molecule has 3 N–H and O–H groups in total. The van der Waals surface area contributed by atoms with Crippen LogP contribution in [0, 0.1) is 23.7 Å². The van der Waals surface area contributed by atoms with Crippen LogP contribution in [0.25, 0.3) is 0 Å². The number of phosphoric acid groups is 2. The quantitative estimate of drug-likeness (QED) is 0.0222. The fourth-order valence-electron chi connectivity index (χ4n) is 10.3. The van der Waals surface area contributed by atoms with E-state index in [9.17, 15) is 43.2 Å². The summed E-state index contributed by atoms with van der Waals surface area (Å²) in [5.41, 5.74) is 0. The summed E-state index contributed by atoms with van der Waals surface area (Å²) in [5, 5.41) is 10.6. The third-order valence-corrected chi connectivity index (χ3v) is 17.7. The van der Waals surface area contributed by atoms with Gasteiger partial charge in [-0.2, -0.15) is 0 Å². The van der Waals surface area contributed by atoms with Crippen LogP contribution in [0.4, 0.5) is 0 Å². The highest BCUT2D eigenvalue weighted by atomic mass is 31.2. The second-order valence-corrected chi connectivity index (χ2v) is 29.7. The molecule has 19 heteroatoms. The van der Waals surface area contributed by atoms with Gasteiger partial charge in [-0.1, -0.05) is 287 Å². The normalized spacial score (nSPS) is 14.3. The molecular weight excluding hydrogens is 1160 g/mol. The Kier molecular flexibility index (Phi) is 57.6. The fraction of sp³-hybridized carbons (Fsp3) is 0.942. The van der Waals surface area contributed by atoms with Crippen molar-refractivity contribution in [1.82, 2.24) is 0 Å². The Hall–Kier alpha value is -1.94. The summed E-state index contributed by atoms with van der Waals surface area (Å²) in [7, 11) is -9.90. The van der Waals surface area contributed by atoms with Crippen LogP contribution in [0.1, 0.15) is 338 Å². The maximum Gasteiger partial charge on any atom is 0.472 e. The van der Waals surface area contributed by atoms with Crippen LogP contribution >= 0.6 is 15.6 Å². The number of carbonyl (C=O) groups is 4. The van der Waals surface area contributed by atoms with Gasteiger partial charge in [0.25, 0.3) is 0 Å². The molecule has 0 saturated carbocycles. The SMILES string of the molecule is CC(C)CCCCCCCCCCCCCCC(=O)O[C@H](COC(=O)CCCCCCCCCCCC(C)C)COP(=O)(O)OCC(O)COP(=O)(O)OC[C@@H](COC(=O)CCCCCCCCCCC(C)C)OC(=O)CCCCCCCCCC(C)C. The average molecular weight is 1300 g/mol. The Labute approximate surface area is 537 Å². The Morgan fingerprint density at radius 3 is 0.705 bits per heavy atom. The van der Waals surface area contributed by atoms with Crippen molar-refractivity contribution in [2.45, 2.75) is 356 Å². The molecule has 0 bridgehead atoms. The van der Waals surface area contributed by atoms with E-state index in [0.717, 1.165) is 108 Å². The lowest BCUT2D eigenvalue weighted by Gasteiger charge is -2.21. The highest BCUT2D eigenvalue weighted by Crippen LogP contribution is 2.45. The first-order valence-corrected chi connectivity index (χ1v) is 38.7. The molecular formula is C69H134O17P2. The van der Waals surface area contributed by atoms with E-state index in [1.165, 1.54) is 141 Å². The Balaban J connectivity index is 5.25. The highest BCUT2D eigenvalue weighted by molar-refractivity contribution is 7.47. The first-order valence-electron chi connectivity index (χ1n) is 35.7. The molecule has 0 aromatic heterocycles. The number of hydrogen-bond donors (Lipinski definition) is 3. The number of aliphatic hydroxyl groups is 1. The fourth-order valence-corrected chi connectivity index (χ4v) is 11.9. The molecule has 0 spiro atoms. The second-order valence-electron chi connectivity index (χ2n) is 26.8. The van der Waals surface area contributed by atoms with E-state index in [4.69, 9.17) is 37.0 Å². The lowest BCUT2D eigenvalue weighted by atomic mass is 10.0. The van der Waals surface area contributed by atoms with Crippen LogP contribution < -0.4 is 0 Å². The van der Waals surface area contributed by atoms with Gasteiger partial charge < -0.3 is 33.8 Å². The molecule has 0 fully saturated rings. The number of ether oxygens (including phenoxy) is 4. The van der Waals surface area contributed by atoms with Crippen LogP contribution in [-0.4, -0.2) is 96.7 Å². The van der Waals surface area contributed by atoms with E-state index in [1.54, 1.807) is 0 Å². The largest absolute Gasteiger partial charge is 0.472 e. The molecule has 0 saturated heterocycles. The topological polar surface area (TPSA) is 237 Å². The summed E-state index contributed by atoms with van der Waals surface area (Å²) in [6.45, 7) is 14.0. The number of hydrogen-bond acceptors (Lipinski definition) is 15. The third kappa shape index (κ3) is 62.8. The summed E-state index contributed by atoms with van der Waals surface area (Å²) in [4.78, 5) is 72.5. The minimum Gasteiger partial charge on any atom is -0.462 e. The van der Waals surface area contributed by atoms with Crippen molar-refractivity contribution in [2.75, 3.05) is 39.6 Å². The van der Waals surface area contributed by atoms with E-state index in [0.29, 0.717) is 31.6 Å². The number of aliphatic hydroxyl groups excluding tert-OH is 1. The van der Waals surface area contributed by atoms with Crippen molar-refractivity contribution in [3.05, 3.63) is 0 Å². The zero-order valence-corrected chi connectivity index (χ0v) is 59.1. The molecule has 0 aliphatic carbocycles. The zero-order chi connectivity index (χ0) is 65.4. The van der Waals surface area contributed by atoms with Gasteiger partial charge in [-0.25, -0.2) is 9.13 Å². The molecule has 5 atom stereocenters. The van der Waals surface area contributed by atoms with Crippen molar-refractivity contribution in [3.63, 3.8) is 0 Å². The van der Waals surface area contributed by atoms with E-state index >= 15 is 0 Å². The molecule has 0 heterocycles. The molecule has 3 unspecified atom stereocenters. The maximum atomic E-state index is 13.0. The van der Waals surface area contributed by atoms with E-state index in [-0.39, 0.29) is 25.7 Å². The predicted molar refractivity (Wildman–Crippen MR) is 354 cm³/mol. The molecule has 0 rings (SSSR count). The molecule has 0 radical (unpaired) electrons. The minimum atomic E-state index is -4.95. The van der Waals surface area contributed by atoms with Gasteiger partial charge in [0.15, 0.2) is 12.2 Å². The Morgan fingerprint density at radius 2 is 0.477 bits per heavy atom. The summed E-state index contributed by atoms with van der Waals surface area (Å²) in [5.74, 6) is 0.810. The van der Waals surface area contributed by atoms with E-state index < -0.39 is 97.5 Å². The number of rotatable bonds is 66. The van der Waals surface area contributed by atoms with Crippen molar-refractivity contribution in [1.29, 1.82) is 0 Å². The van der Waals surface area contributed by atoms with Crippen molar-refractivity contribution >= 4 is 39.5 Å². The average Bonchev–Trinajstić information content (AvgIpc) is 3.63. The lowest BCUT2D eigenvalue weighted by Crippen LogP contribution is -2.30. The van der Waals surface area contributed by atoms with Gasteiger partial charge in [0, 0.05) is 25.7 Å². The van der Waals surface area contributed by atoms with Gasteiger partial charge in [-0.05, 0) is 49.4 Å². The van der Waals surface area contributed by atoms with E-state index in [1.807, 2.05) is 0 Å². The van der Waals surface area contributed by atoms with Crippen LogP contribution in [0.2, 0.25) is 0 Å². The van der Waals surface area contributed by atoms with Crippen LogP contribution in [0.3, 0.4) is 0 Å². The molecule has 17 nitrogen and oxygen atoms in total. The summed E-state index contributed by atoms with van der Waals surface area (Å²) >= 11 is 0. The van der Waals surface area contributed by atoms with Gasteiger partial charge in [0.1, 0.15) is 19.3 Å². The molecule has 522 valence electrons.